The molecule has 0 bridgehead atoms. The van der Waals surface area contributed by atoms with Gasteiger partial charge in [-0.2, -0.15) is 26.6 Å². The fourth-order valence-corrected chi connectivity index (χ4v) is 5.92. The number of benzene rings is 3. The van der Waals surface area contributed by atoms with Crippen molar-refractivity contribution in [3.8, 4) is 5.75 Å². The number of aryl methyl sites for hydroxylation is 2. The fourth-order valence-electron chi connectivity index (χ4n) is 4.53. The van der Waals surface area contributed by atoms with Crippen LogP contribution in [0.5, 0.6) is 5.75 Å². The minimum absolute atomic E-state index is 0.0663. The Balaban J connectivity index is 1.22. The van der Waals surface area contributed by atoms with Gasteiger partial charge in [0.25, 0.3) is 10.1 Å². The maximum atomic E-state index is 13.8. The molecule has 2 N–H and O–H groups in total. The molecule has 1 heterocycles. The van der Waals surface area contributed by atoms with E-state index in [4.69, 9.17) is 18.4 Å². The molecule has 0 saturated carbocycles. The van der Waals surface area contributed by atoms with Crippen molar-refractivity contribution in [3.05, 3.63) is 95.2 Å². The van der Waals surface area contributed by atoms with Gasteiger partial charge in [0.2, 0.25) is 16.0 Å². The van der Waals surface area contributed by atoms with Crippen molar-refractivity contribution in [1.82, 2.24) is 9.97 Å². The lowest BCUT2D eigenvalue weighted by Gasteiger charge is -2.18. The lowest BCUT2D eigenvalue weighted by atomic mass is 10.2. The number of nitrogens with one attached hydrogen (secondary N) is 2. The lowest BCUT2D eigenvalue weighted by Crippen LogP contribution is -2.24. The lowest BCUT2D eigenvalue weighted by molar-refractivity contribution is -0.137. The summed E-state index contributed by atoms with van der Waals surface area (Å²) in [6.45, 7) is 4.49. The molecule has 0 saturated heterocycles. The predicted octanol–water partition coefficient (Wildman–Crippen LogP) is 5.68. The van der Waals surface area contributed by atoms with Gasteiger partial charge in [-0.1, -0.05) is 29.8 Å². The molecule has 18 heteroatoms. The van der Waals surface area contributed by atoms with Crippen LogP contribution in [0, 0.1) is 13.8 Å². The van der Waals surface area contributed by atoms with Crippen molar-refractivity contribution < 1.29 is 48.4 Å². The number of sulfonamides is 1. The minimum Gasteiger partial charge on any atom is -0.491 e. The SMILES string of the molecule is Cc1ccc(S(=O)(=O)OCCOCCOCCOc2ccc(Nc3ncc(C(F)(F)F)c(NCc4cccc(N(C)S(C)(=O)=O)c4)n3)c(C)c2)cc1. The van der Waals surface area contributed by atoms with Gasteiger partial charge in [-0.05, 0) is 67.4 Å². The first-order valence-electron chi connectivity index (χ1n) is 15.9. The Hall–Kier alpha value is -4.49. The van der Waals surface area contributed by atoms with Crippen molar-refractivity contribution in [2.75, 3.05) is 67.9 Å². The molecule has 0 spiro atoms. The predicted molar refractivity (Wildman–Crippen MR) is 190 cm³/mol. The molecular formula is C34H40F3N5O8S2. The molecule has 0 fully saturated rings. The van der Waals surface area contributed by atoms with Crippen LogP contribution >= 0.6 is 0 Å². The zero-order chi connectivity index (χ0) is 37.9. The quantitative estimate of drug-likeness (QED) is 0.0890. The number of aromatic nitrogens is 2. The van der Waals surface area contributed by atoms with E-state index in [9.17, 15) is 30.0 Å². The van der Waals surface area contributed by atoms with Crippen LogP contribution in [0.2, 0.25) is 0 Å². The van der Waals surface area contributed by atoms with Crippen LogP contribution in [-0.4, -0.2) is 79.7 Å². The number of hydrogen-bond donors (Lipinski definition) is 2. The molecule has 0 radical (unpaired) electrons. The third-order valence-corrected chi connectivity index (χ3v) is 9.95. The molecule has 52 heavy (non-hydrogen) atoms. The van der Waals surface area contributed by atoms with E-state index in [2.05, 4.69) is 20.6 Å². The number of hydrogen-bond acceptors (Lipinski definition) is 12. The fraction of sp³-hybridized carbons (Fsp3) is 0.353. The monoisotopic (exact) mass is 767 g/mol. The molecule has 4 rings (SSSR count). The van der Waals surface area contributed by atoms with E-state index < -0.39 is 37.7 Å². The summed E-state index contributed by atoms with van der Waals surface area (Å²) in [5.74, 6) is 0.0106. The average Bonchev–Trinajstić information content (AvgIpc) is 3.08. The number of alkyl halides is 3. The highest BCUT2D eigenvalue weighted by molar-refractivity contribution is 7.92. The second-order valence-electron chi connectivity index (χ2n) is 11.5. The molecule has 0 aliphatic carbocycles. The van der Waals surface area contributed by atoms with Gasteiger partial charge in [0.15, 0.2) is 0 Å². The van der Waals surface area contributed by atoms with Gasteiger partial charge < -0.3 is 24.8 Å². The van der Waals surface area contributed by atoms with E-state index in [0.29, 0.717) is 34.4 Å². The number of rotatable bonds is 19. The van der Waals surface area contributed by atoms with Crippen LogP contribution in [-0.2, 0) is 46.5 Å². The molecule has 0 aliphatic heterocycles. The molecule has 13 nitrogen and oxygen atoms in total. The zero-order valence-corrected chi connectivity index (χ0v) is 30.6. The van der Waals surface area contributed by atoms with Gasteiger partial charge in [0.1, 0.15) is 23.7 Å². The number of anilines is 4. The maximum absolute atomic E-state index is 13.8. The Morgan fingerprint density at radius 2 is 1.52 bits per heavy atom. The van der Waals surface area contributed by atoms with Crippen molar-refractivity contribution in [2.24, 2.45) is 0 Å². The number of nitrogens with zero attached hydrogens (tertiary/aromatic N) is 3. The van der Waals surface area contributed by atoms with Gasteiger partial charge in [-0.15, -0.1) is 0 Å². The third kappa shape index (κ3) is 12.0. The zero-order valence-electron chi connectivity index (χ0n) is 28.9. The minimum atomic E-state index is -4.73. The first-order chi connectivity index (χ1) is 24.5. The Bertz CT molecular complexity index is 2020. The third-order valence-electron chi connectivity index (χ3n) is 7.41. The number of halogens is 3. The highest BCUT2D eigenvalue weighted by Crippen LogP contribution is 2.35. The van der Waals surface area contributed by atoms with Gasteiger partial charge in [0, 0.05) is 25.5 Å². The van der Waals surface area contributed by atoms with Gasteiger partial charge in [0.05, 0.1) is 49.9 Å². The molecule has 0 atom stereocenters. The summed E-state index contributed by atoms with van der Waals surface area (Å²) < 4.78 is 112. The van der Waals surface area contributed by atoms with E-state index in [1.54, 1.807) is 61.5 Å². The van der Waals surface area contributed by atoms with Gasteiger partial charge in [-0.25, -0.2) is 13.4 Å². The Labute approximate surface area is 301 Å². The van der Waals surface area contributed by atoms with Crippen LogP contribution in [0.4, 0.5) is 36.3 Å². The highest BCUT2D eigenvalue weighted by atomic mass is 32.2. The molecule has 0 amide bonds. The summed E-state index contributed by atoms with van der Waals surface area (Å²) in [6.07, 6.45) is -2.99. The smallest absolute Gasteiger partial charge is 0.421 e. The Morgan fingerprint density at radius 1 is 0.846 bits per heavy atom. The van der Waals surface area contributed by atoms with E-state index in [1.807, 2.05) is 6.92 Å². The first-order valence-corrected chi connectivity index (χ1v) is 19.1. The second kappa shape index (κ2) is 17.8. The van der Waals surface area contributed by atoms with Crippen LogP contribution in [0.3, 0.4) is 0 Å². The molecule has 282 valence electrons. The van der Waals surface area contributed by atoms with Gasteiger partial charge in [-0.3, -0.25) is 8.49 Å². The topological polar surface area (TPSA) is 158 Å². The summed E-state index contributed by atoms with van der Waals surface area (Å²) in [6, 6.07) is 17.8. The average molecular weight is 768 g/mol. The van der Waals surface area contributed by atoms with Crippen LogP contribution in [0.15, 0.2) is 77.8 Å². The molecule has 3 aromatic carbocycles. The van der Waals surface area contributed by atoms with E-state index in [1.165, 1.54) is 19.2 Å². The van der Waals surface area contributed by atoms with E-state index >= 15 is 0 Å². The standard InChI is InChI=1S/C34H40F3N5O8S2/c1-24-8-11-29(12-9-24)52(45,46)50-19-17-48-15-14-47-16-18-49-28-10-13-31(25(2)20-28)40-33-39-23-30(34(35,36)37)32(41-33)38-22-26-6-5-7-27(21-26)42(3)51(4,43)44/h5-13,20-21,23H,14-19,22H2,1-4H3,(H2,38,39,40,41). The Kier molecular flexibility index (Phi) is 13.8. The van der Waals surface area contributed by atoms with E-state index in [0.717, 1.165) is 16.1 Å². The van der Waals surface area contributed by atoms with Crippen LogP contribution < -0.4 is 19.7 Å². The normalized spacial score (nSPS) is 12.1. The summed E-state index contributed by atoms with van der Waals surface area (Å²) in [4.78, 5) is 8.03. The summed E-state index contributed by atoms with van der Waals surface area (Å²) in [5.41, 5.74) is 2.03. The van der Waals surface area contributed by atoms with Crippen molar-refractivity contribution in [1.29, 1.82) is 0 Å². The number of ether oxygens (including phenoxy) is 3. The molecule has 1 aromatic heterocycles. The molecule has 4 aromatic rings. The van der Waals surface area contributed by atoms with Crippen molar-refractivity contribution in [2.45, 2.75) is 31.5 Å². The van der Waals surface area contributed by atoms with Crippen LogP contribution in [0.1, 0.15) is 22.3 Å². The largest absolute Gasteiger partial charge is 0.491 e. The molecule has 0 unspecified atom stereocenters. The van der Waals surface area contributed by atoms with Crippen molar-refractivity contribution >= 4 is 43.3 Å². The summed E-state index contributed by atoms with van der Waals surface area (Å²) in [5, 5.41) is 5.65. The van der Waals surface area contributed by atoms with Crippen molar-refractivity contribution in [3.63, 3.8) is 0 Å². The summed E-state index contributed by atoms with van der Waals surface area (Å²) in [7, 11) is -5.99. The van der Waals surface area contributed by atoms with Gasteiger partial charge >= 0.3 is 6.18 Å². The first kappa shape index (κ1) is 40.3. The second-order valence-corrected chi connectivity index (χ2v) is 15.1. The van der Waals surface area contributed by atoms with E-state index in [-0.39, 0.29) is 57.0 Å². The highest BCUT2D eigenvalue weighted by Gasteiger charge is 2.35. The summed E-state index contributed by atoms with van der Waals surface area (Å²) >= 11 is 0. The molecule has 0 aliphatic rings. The maximum Gasteiger partial charge on any atom is 0.421 e. The molecular weight excluding hydrogens is 728 g/mol. The van der Waals surface area contributed by atoms with Crippen LogP contribution in [0.25, 0.3) is 0 Å². The Morgan fingerprint density at radius 3 is 2.17 bits per heavy atom.